The van der Waals surface area contributed by atoms with Crippen LogP contribution in [0.4, 0.5) is 5.69 Å². The second kappa shape index (κ2) is 9.13. The molecule has 27 heavy (non-hydrogen) atoms. The lowest BCUT2D eigenvalue weighted by Gasteiger charge is -2.32. The van der Waals surface area contributed by atoms with Gasteiger partial charge in [0.05, 0.1) is 12.7 Å². The number of quaternary nitrogens is 1. The van der Waals surface area contributed by atoms with Crippen molar-refractivity contribution in [2.24, 2.45) is 0 Å². The number of likely N-dealkylation sites (tertiary alicyclic amines) is 1. The summed E-state index contributed by atoms with van der Waals surface area (Å²) in [5, 5.41) is 12.4. The highest BCUT2D eigenvalue weighted by atomic mass is 16.5. The molecular weight excluding hydrogens is 340 g/mol. The number of aryl methyl sites for hydroxylation is 1. The Bertz CT molecular complexity index is 760. The molecule has 1 saturated heterocycles. The Morgan fingerprint density at radius 2 is 1.93 bits per heavy atom. The van der Waals surface area contributed by atoms with Crippen molar-refractivity contribution in [3.05, 3.63) is 64.9 Å². The minimum Gasteiger partial charge on any atom is -0.621 e. The highest BCUT2D eigenvalue weighted by Crippen LogP contribution is 2.22. The number of para-hydroxylation sites is 1. The fourth-order valence-corrected chi connectivity index (χ4v) is 3.79. The highest BCUT2D eigenvalue weighted by Gasteiger charge is 2.22. The van der Waals surface area contributed by atoms with Crippen molar-refractivity contribution < 1.29 is 14.6 Å². The molecule has 1 aliphatic rings. The normalized spacial score (nSPS) is 18.9. The van der Waals surface area contributed by atoms with Crippen LogP contribution in [0.2, 0.25) is 0 Å². The molecule has 2 unspecified atom stereocenters. The number of nitrogens with one attached hydrogen (secondary N) is 1. The lowest BCUT2D eigenvalue weighted by atomic mass is 9.96. The van der Waals surface area contributed by atoms with E-state index in [2.05, 4.69) is 11.9 Å². The van der Waals surface area contributed by atoms with E-state index < -0.39 is 11.0 Å². The summed E-state index contributed by atoms with van der Waals surface area (Å²) in [7, 11) is 3.75. The van der Waals surface area contributed by atoms with Gasteiger partial charge in [0, 0.05) is 17.7 Å². The predicted molar refractivity (Wildman–Crippen MR) is 106 cm³/mol. The minimum absolute atomic E-state index is 0.391. The Kier molecular flexibility index (Phi) is 6.61. The maximum atomic E-state index is 12.8. The van der Waals surface area contributed by atoms with Crippen LogP contribution in [0.3, 0.4) is 0 Å². The van der Waals surface area contributed by atoms with E-state index in [-0.39, 0.29) is 0 Å². The Balaban J connectivity index is 1.72. The number of benzene rings is 2. The van der Waals surface area contributed by atoms with Gasteiger partial charge in [-0.05, 0) is 63.5 Å². The van der Waals surface area contributed by atoms with Gasteiger partial charge in [0.25, 0.3) is 0 Å². The van der Waals surface area contributed by atoms with Crippen molar-refractivity contribution in [3.8, 4) is 5.75 Å². The molecule has 0 saturated carbocycles. The summed E-state index contributed by atoms with van der Waals surface area (Å²) >= 11 is 0. The molecule has 0 aliphatic carbocycles. The number of carbonyl (C=O) groups is 1. The monoisotopic (exact) mass is 368 g/mol. The first-order valence-corrected chi connectivity index (χ1v) is 9.61. The highest BCUT2D eigenvalue weighted by molar-refractivity contribution is 5.89. The van der Waals surface area contributed by atoms with Gasteiger partial charge in [-0.3, -0.25) is 5.06 Å². The van der Waals surface area contributed by atoms with E-state index in [9.17, 15) is 10.0 Å². The number of piperidine rings is 1. The Morgan fingerprint density at radius 3 is 2.63 bits per heavy atom. The molecule has 3 rings (SSSR count). The van der Waals surface area contributed by atoms with Gasteiger partial charge >= 0.3 is 5.91 Å². The SMILES string of the molecule is COc1ccc(C(=O)[NH+]([O-])c2ccccc2CCC2CCCCN2C)cc1. The van der Waals surface area contributed by atoms with Gasteiger partial charge in [-0.1, -0.05) is 24.6 Å². The number of amides is 1. The first-order chi connectivity index (χ1) is 13.1. The smallest absolute Gasteiger partial charge is 0.349 e. The van der Waals surface area contributed by atoms with E-state index >= 15 is 0 Å². The summed E-state index contributed by atoms with van der Waals surface area (Å²) in [6.45, 7) is 1.14. The lowest BCUT2D eigenvalue weighted by molar-refractivity contribution is -0.680. The van der Waals surface area contributed by atoms with Crippen molar-refractivity contribution in [2.75, 3.05) is 20.7 Å². The largest absolute Gasteiger partial charge is 0.621 e. The molecule has 0 aromatic heterocycles. The Morgan fingerprint density at radius 1 is 1.19 bits per heavy atom. The van der Waals surface area contributed by atoms with Gasteiger partial charge < -0.3 is 14.8 Å². The molecule has 1 N–H and O–H groups in total. The zero-order valence-electron chi connectivity index (χ0n) is 16.1. The molecular formula is C22H28N2O3. The fraction of sp³-hybridized carbons (Fsp3) is 0.409. The van der Waals surface area contributed by atoms with Crippen molar-refractivity contribution in [1.29, 1.82) is 0 Å². The summed E-state index contributed by atoms with van der Waals surface area (Å²) in [6, 6.07) is 14.7. The first-order valence-electron chi connectivity index (χ1n) is 9.61. The summed E-state index contributed by atoms with van der Waals surface area (Å²) in [5.74, 6) is 0.191. The van der Waals surface area contributed by atoms with E-state index in [4.69, 9.17) is 4.74 Å². The number of hydrogen-bond donors (Lipinski definition) is 1. The van der Waals surface area contributed by atoms with Crippen LogP contribution in [-0.2, 0) is 6.42 Å². The molecule has 2 aromatic rings. The van der Waals surface area contributed by atoms with Crippen molar-refractivity contribution in [1.82, 2.24) is 4.90 Å². The minimum atomic E-state index is -0.472. The third kappa shape index (κ3) is 4.75. The van der Waals surface area contributed by atoms with Crippen LogP contribution < -0.4 is 9.80 Å². The number of ether oxygens (including phenoxy) is 1. The molecule has 0 radical (unpaired) electrons. The molecule has 2 atom stereocenters. The molecule has 1 heterocycles. The number of methoxy groups -OCH3 is 1. The number of hydroxylamine groups is 1. The predicted octanol–water partition coefficient (Wildman–Crippen LogP) is 2.97. The van der Waals surface area contributed by atoms with Gasteiger partial charge in [0.2, 0.25) is 0 Å². The van der Waals surface area contributed by atoms with Gasteiger partial charge in [-0.25, -0.2) is 4.79 Å². The van der Waals surface area contributed by atoms with Gasteiger partial charge in [0.15, 0.2) is 0 Å². The molecule has 5 nitrogen and oxygen atoms in total. The number of rotatable bonds is 6. The van der Waals surface area contributed by atoms with Gasteiger partial charge in [0.1, 0.15) is 11.4 Å². The Hall–Kier alpha value is -2.21. The maximum absolute atomic E-state index is 12.8. The molecule has 0 spiro atoms. The average molecular weight is 368 g/mol. The quantitative estimate of drug-likeness (QED) is 0.797. The number of carbonyl (C=O) groups excluding carboxylic acids is 1. The molecule has 5 heteroatoms. The number of nitrogens with zero attached hydrogens (tertiary/aromatic N) is 1. The fourth-order valence-electron chi connectivity index (χ4n) is 3.79. The number of hydrogen-bond acceptors (Lipinski definition) is 4. The third-order valence-corrected chi connectivity index (χ3v) is 5.49. The zero-order valence-corrected chi connectivity index (χ0v) is 16.1. The van der Waals surface area contributed by atoms with Crippen molar-refractivity contribution in [2.45, 2.75) is 38.1 Å². The molecule has 1 aliphatic heterocycles. The van der Waals surface area contributed by atoms with Crippen LogP contribution in [0.1, 0.15) is 41.6 Å². The molecule has 0 bridgehead atoms. The zero-order chi connectivity index (χ0) is 19.2. The summed E-state index contributed by atoms with van der Waals surface area (Å²) in [6.07, 6.45) is 5.56. The standard InChI is InChI=1S/C22H28N2O3/c1-23-16-6-5-8-19(23)13-10-17-7-3-4-9-21(17)24(26)22(25)18-11-14-20(27-2)15-12-18/h3-4,7,9,11-12,14-15,19,24H,5-6,8,10,13,16H2,1-2H3. The molecule has 144 valence electrons. The van der Waals surface area contributed by atoms with E-state index in [1.165, 1.54) is 19.3 Å². The molecule has 2 aromatic carbocycles. The van der Waals surface area contributed by atoms with Crippen LogP contribution in [0, 0.1) is 5.21 Å². The van der Waals surface area contributed by atoms with Crippen LogP contribution in [0.15, 0.2) is 48.5 Å². The van der Waals surface area contributed by atoms with Crippen LogP contribution >= 0.6 is 0 Å². The van der Waals surface area contributed by atoms with Gasteiger partial charge in [-0.2, -0.15) is 0 Å². The van der Waals surface area contributed by atoms with Crippen LogP contribution in [-0.4, -0.2) is 37.6 Å². The third-order valence-electron chi connectivity index (χ3n) is 5.49. The van der Waals surface area contributed by atoms with Gasteiger partial charge in [-0.15, -0.1) is 0 Å². The van der Waals surface area contributed by atoms with E-state index in [0.29, 0.717) is 23.0 Å². The second-order valence-corrected chi connectivity index (χ2v) is 7.21. The average Bonchev–Trinajstić information content (AvgIpc) is 2.72. The van der Waals surface area contributed by atoms with E-state index in [0.717, 1.165) is 24.9 Å². The molecule has 1 amide bonds. The lowest BCUT2D eigenvalue weighted by Crippen LogP contribution is -3.05. The first kappa shape index (κ1) is 19.5. The van der Waals surface area contributed by atoms with Crippen molar-refractivity contribution >= 4 is 11.6 Å². The summed E-state index contributed by atoms with van der Waals surface area (Å²) in [5.41, 5.74) is 1.88. The van der Waals surface area contributed by atoms with Crippen LogP contribution in [0.25, 0.3) is 0 Å². The van der Waals surface area contributed by atoms with E-state index in [1.54, 1.807) is 37.4 Å². The molecule has 1 fully saturated rings. The maximum Gasteiger partial charge on any atom is 0.349 e. The second-order valence-electron chi connectivity index (χ2n) is 7.21. The van der Waals surface area contributed by atoms with E-state index in [1.807, 2.05) is 18.2 Å². The topological polar surface area (TPSA) is 57.0 Å². The summed E-state index contributed by atoms with van der Waals surface area (Å²) in [4.78, 5) is 15.1. The Labute approximate surface area is 161 Å². The summed E-state index contributed by atoms with van der Waals surface area (Å²) < 4.78 is 5.11. The van der Waals surface area contributed by atoms with Crippen molar-refractivity contribution in [3.63, 3.8) is 0 Å². The van der Waals surface area contributed by atoms with Crippen LogP contribution in [0.5, 0.6) is 5.75 Å².